The van der Waals surface area contributed by atoms with Gasteiger partial charge in [-0.15, -0.1) is 0 Å². The number of anilines is 1. The van der Waals surface area contributed by atoms with Crippen molar-refractivity contribution in [3.05, 3.63) is 17.2 Å². The third kappa shape index (κ3) is 1.93. The highest BCUT2D eigenvalue weighted by Crippen LogP contribution is 2.40. The molecule has 5 nitrogen and oxygen atoms in total. The Labute approximate surface area is 109 Å². The predicted octanol–water partition coefficient (Wildman–Crippen LogP) is 2.37. The van der Waals surface area contributed by atoms with Crippen molar-refractivity contribution in [2.75, 3.05) is 5.73 Å². The standard InChI is InChI=1S/C13H16FN3O2/c1-5-6-8(7(14)10(19)9(5)18)16-12(13(2,3)4)17-11(6)15/h18-19H,1-4H3,(H2,15,16,17). The first-order valence-electron chi connectivity index (χ1n) is 5.82. The molecular formula is C13H16FN3O2. The minimum atomic E-state index is -0.988. The molecule has 0 aliphatic rings. The van der Waals surface area contributed by atoms with E-state index in [0.29, 0.717) is 5.82 Å². The van der Waals surface area contributed by atoms with Crippen molar-refractivity contribution in [3.63, 3.8) is 0 Å². The highest BCUT2D eigenvalue weighted by atomic mass is 19.1. The van der Waals surface area contributed by atoms with E-state index in [4.69, 9.17) is 5.73 Å². The van der Waals surface area contributed by atoms with Crippen LogP contribution in [0.1, 0.15) is 32.2 Å². The summed E-state index contributed by atoms with van der Waals surface area (Å²) >= 11 is 0. The molecule has 1 aromatic carbocycles. The summed E-state index contributed by atoms with van der Waals surface area (Å²) in [6.07, 6.45) is 0. The van der Waals surface area contributed by atoms with Crippen LogP contribution in [0.25, 0.3) is 10.9 Å². The Hall–Kier alpha value is -2.11. The lowest BCUT2D eigenvalue weighted by Gasteiger charge is -2.19. The molecule has 6 heteroatoms. The van der Waals surface area contributed by atoms with E-state index in [1.165, 1.54) is 6.92 Å². The molecule has 0 atom stereocenters. The molecule has 0 amide bonds. The molecule has 102 valence electrons. The third-order valence-corrected chi connectivity index (χ3v) is 2.98. The van der Waals surface area contributed by atoms with Crippen molar-refractivity contribution >= 4 is 16.7 Å². The Kier molecular flexibility index (Phi) is 2.77. The number of aromatic nitrogens is 2. The van der Waals surface area contributed by atoms with Gasteiger partial charge in [-0.3, -0.25) is 0 Å². The molecule has 0 saturated carbocycles. The monoisotopic (exact) mass is 265 g/mol. The molecule has 0 saturated heterocycles. The summed E-state index contributed by atoms with van der Waals surface area (Å²) in [4.78, 5) is 8.28. The number of halogens is 1. The van der Waals surface area contributed by atoms with Crippen LogP contribution in [0.3, 0.4) is 0 Å². The highest BCUT2D eigenvalue weighted by Gasteiger charge is 2.24. The van der Waals surface area contributed by atoms with Crippen LogP contribution in [0, 0.1) is 12.7 Å². The molecule has 1 heterocycles. The third-order valence-electron chi connectivity index (χ3n) is 2.98. The number of nitrogens with two attached hydrogens (primary N) is 1. The zero-order chi connectivity index (χ0) is 14.5. The van der Waals surface area contributed by atoms with Gasteiger partial charge in [0.2, 0.25) is 0 Å². The van der Waals surface area contributed by atoms with Crippen molar-refractivity contribution in [3.8, 4) is 11.5 Å². The van der Waals surface area contributed by atoms with Crippen molar-refractivity contribution in [1.82, 2.24) is 9.97 Å². The zero-order valence-electron chi connectivity index (χ0n) is 11.2. The van der Waals surface area contributed by atoms with Crippen LogP contribution in [0.4, 0.5) is 10.2 Å². The van der Waals surface area contributed by atoms with Crippen LogP contribution in [0.2, 0.25) is 0 Å². The van der Waals surface area contributed by atoms with Crippen LogP contribution in [-0.2, 0) is 5.41 Å². The van der Waals surface area contributed by atoms with E-state index >= 15 is 0 Å². The van der Waals surface area contributed by atoms with Gasteiger partial charge < -0.3 is 15.9 Å². The fourth-order valence-electron chi connectivity index (χ4n) is 1.85. The van der Waals surface area contributed by atoms with Gasteiger partial charge in [0.25, 0.3) is 0 Å². The van der Waals surface area contributed by atoms with E-state index in [1.807, 2.05) is 20.8 Å². The molecule has 0 bridgehead atoms. The Morgan fingerprint density at radius 2 is 1.68 bits per heavy atom. The van der Waals surface area contributed by atoms with Crippen LogP contribution in [0.5, 0.6) is 11.5 Å². The summed E-state index contributed by atoms with van der Waals surface area (Å²) in [7, 11) is 0. The van der Waals surface area contributed by atoms with Gasteiger partial charge in [0.15, 0.2) is 17.3 Å². The molecule has 0 aliphatic carbocycles. The zero-order valence-corrected chi connectivity index (χ0v) is 11.2. The summed E-state index contributed by atoms with van der Waals surface area (Å²) in [6, 6.07) is 0. The highest BCUT2D eigenvalue weighted by molar-refractivity contribution is 5.94. The van der Waals surface area contributed by atoms with Crippen molar-refractivity contribution < 1.29 is 14.6 Å². The predicted molar refractivity (Wildman–Crippen MR) is 70.7 cm³/mol. The lowest BCUT2D eigenvalue weighted by Crippen LogP contribution is -2.17. The van der Waals surface area contributed by atoms with E-state index in [1.54, 1.807) is 0 Å². The van der Waals surface area contributed by atoms with Gasteiger partial charge in [-0.05, 0) is 6.92 Å². The molecule has 2 aromatic rings. The number of nitrogen functional groups attached to an aromatic ring is 1. The maximum Gasteiger partial charge on any atom is 0.196 e. The van der Waals surface area contributed by atoms with E-state index in [2.05, 4.69) is 9.97 Å². The molecule has 4 N–H and O–H groups in total. The van der Waals surface area contributed by atoms with E-state index in [0.717, 1.165) is 0 Å². The lowest BCUT2D eigenvalue weighted by molar-refractivity contribution is 0.379. The Bertz CT molecular complexity index is 678. The number of benzene rings is 1. The average Bonchev–Trinajstić information content (AvgIpc) is 2.31. The van der Waals surface area contributed by atoms with Crippen LogP contribution in [0.15, 0.2) is 0 Å². The average molecular weight is 265 g/mol. The Morgan fingerprint density at radius 1 is 1.11 bits per heavy atom. The van der Waals surface area contributed by atoms with Crippen LogP contribution < -0.4 is 5.73 Å². The summed E-state index contributed by atoms with van der Waals surface area (Å²) in [5, 5.41) is 19.4. The Morgan fingerprint density at radius 3 is 2.21 bits per heavy atom. The first-order chi connectivity index (χ1) is 8.64. The number of rotatable bonds is 0. The topological polar surface area (TPSA) is 92.3 Å². The fourth-order valence-corrected chi connectivity index (χ4v) is 1.85. The molecule has 0 fully saturated rings. The summed E-state index contributed by atoms with van der Waals surface area (Å²) in [6.45, 7) is 7.14. The quantitative estimate of drug-likeness (QED) is 0.636. The number of fused-ring (bicyclic) bond motifs is 1. The number of phenols is 2. The largest absolute Gasteiger partial charge is 0.504 e. The van der Waals surface area contributed by atoms with Crippen molar-refractivity contribution in [1.29, 1.82) is 0 Å². The number of hydrogen-bond donors (Lipinski definition) is 3. The maximum atomic E-state index is 14.0. The maximum absolute atomic E-state index is 14.0. The van der Waals surface area contributed by atoms with Gasteiger partial charge in [-0.2, -0.15) is 0 Å². The smallest absolute Gasteiger partial charge is 0.196 e. The molecular weight excluding hydrogens is 249 g/mol. The first kappa shape index (κ1) is 13.3. The summed E-state index contributed by atoms with van der Waals surface area (Å²) in [5.41, 5.74) is 5.60. The van der Waals surface area contributed by atoms with Crippen LogP contribution in [-0.4, -0.2) is 20.2 Å². The van der Waals surface area contributed by atoms with Gasteiger partial charge in [0, 0.05) is 11.0 Å². The number of aryl methyl sites for hydroxylation is 1. The number of aromatic hydroxyl groups is 2. The van der Waals surface area contributed by atoms with Crippen molar-refractivity contribution in [2.24, 2.45) is 0 Å². The molecule has 2 rings (SSSR count). The van der Waals surface area contributed by atoms with Crippen LogP contribution >= 0.6 is 0 Å². The lowest BCUT2D eigenvalue weighted by atomic mass is 9.95. The second-order valence-corrected chi connectivity index (χ2v) is 5.54. The fraction of sp³-hybridized carbons (Fsp3) is 0.385. The Balaban J connectivity index is 2.97. The second kappa shape index (κ2) is 3.94. The van der Waals surface area contributed by atoms with Crippen molar-refractivity contribution in [2.45, 2.75) is 33.1 Å². The van der Waals surface area contributed by atoms with Gasteiger partial charge in [-0.1, -0.05) is 20.8 Å². The summed E-state index contributed by atoms with van der Waals surface area (Å²) in [5.74, 6) is -1.88. The number of nitrogens with zero attached hydrogens (tertiary/aromatic N) is 2. The molecule has 0 aliphatic heterocycles. The number of hydrogen-bond acceptors (Lipinski definition) is 5. The SMILES string of the molecule is Cc1c(O)c(O)c(F)c2nc(C(C)(C)C)nc(N)c12. The normalized spacial score (nSPS) is 12.1. The molecule has 0 radical (unpaired) electrons. The molecule has 1 aromatic heterocycles. The number of phenolic OH excluding ortho intramolecular Hbond substituents is 2. The van der Waals surface area contributed by atoms with E-state index < -0.39 is 22.7 Å². The van der Waals surface area contributed by atoms with Gasteiger partial charge in [0.1, 0.15) is 17.2 Å². The van der Waals surface area contributed by atoms with Gasteiger partial charge >= 0.3 is 0 Å². The first-order valence-corrected chi connectivity index (χ1v) is 5.82. The van der Waals surface area contributed by atoms with E-state index in [-0.39, 0.29) is 22.3 Å². The molecule has 0 spiro atoms. The second-order valence-electron chi connectivity index (χ2n) is 5.54. The van der Waals surface area contributed by atoms with E-state index in [9.17, 15) is 14.6 Å². The molecule has 19 heavy (non-hydrogen) atoms. The minimum Gasteiger partial charge on any atom is -0.504 e. The van der Waals surface area contributed by atoms with Gasteiger partial charge in [-0.25, -0.2) is 14.4 Å². The van der Waals surface area contributed by atoms with Gasteiger partial charge in [0.05, 0.1) is 5.39 Å². The molecule has 0 unspecified atom stereocenters. The summed E-state index contributed by atoms with van der Waals surface area (Å²) < 4.78 is 14.0. The minimum absolute atomic E-state index is 0.0785.